The number of carboxylic acid groups (broad SMARTS) is 1. The highest BCUT2D eigenvalue weighted by molar-refractivity contribution is 5.93. The zero-order chi connectivity index (χ0) is 14.5. The molecule has 1 atom stereocenters. The molecule has 0 radical (unpaired) electrons. The van der Waals surface area contributed by atoms with E-state index in [1.807, 2.05) is 0 Å². The average molecular weight is 278 g/mol. The van der Waals surface area contributed by atoms with Crippen LogP contribution in [0, 0.1) is 5.92 Å². The van der Waals surface area contributed by atoms with Gasteiger partial charge in [0.2, 0.25) is 0 Å². The summed E-state index contributed by atoms with van der Waals surface area (Å²) in [5.74, 6) is -0.905. The van der Waals surface area contributed by atoms with Gasteiger partial charge >= 0.3 is 5.97 Å². The number of aliphatic hydroxyl groups is 1. The SMILES string of the molecule is O=C(O)c1ccc(C(=O)N2CCCC(CCO)C2)nc1. The van der Waals surface area contributed by atoms with Crippen LogP contribution in [0.25, 0.3) is 0 Å². The zero-order valence-electron chi connectivity index (χ0n) is 11.2. The van der Waals surface area contributed by atoms with Gasteiger partial charge in [0.1, 0.15) is 5.69 Å². The number of aromatic carboxylic acids is 1. The molecule has 20 heavy (non-hydrogen) atoms. The number of rotatable bonds is 4. The Morgan fingerprint density at radius 2 is 2.20 bits per heavy atom. The zero-order valence-corrected chi connectivity index (χ0v) is 11.2. The minimum absolute atomic E-state index is 0.0679. The molecule has 1 amide bonds. The van der Waals surface area contributed by atoms with Crippen LogP contribution in [-0.4, -0.2) is 51.7 Å². The number of piperidine rings is 1. The Hall–Kier alpha value is -1.95. The van der Waals surface area contributed by atoms with Crippen LogP contribution in [0.4, 0.5) is 0 Å². The molecule has 1 unspecified atom stereocenters. The predicted octanol–water partition coefficient (Wildman–Crippen LogP) is 1.01. The molecule has 1 saturated heterocycles. The molecule has 1 aliphatic rings. The lowest BCUT2D eigenvalue weighted by Gasteiger charge is -2.32. The second kappa shape index (κ2) is 6.47. The van der Waals surface area contributed by atoms with Crippen molar-refractivity contribution >= 4 is 11.9 Å². The molecule has 6 heteroatoms. The van der Waals surface area contributed by atoms with E-state index in [2.05, 4.69) is 4.98 Å². The maximum absolute atomic E-state index is 12.3. The Kier molecular flexibility index (Phi) is 4.68. The number of nitrogens with zero attached hydrogens (tertiary/aromatic N) is 2. The van der Waals surface area contributed by atoms with Gasteiger partial charge < -0.3 is 15.1 Å². The van der Waals surface area contributed by atoms with Crippen LogP contribution in [0.3, 0.4) is 0 Å². The third-order valence-corrected chi connectivity index (χ3v) is 3.57. The molecule has 1 aromatic heterocycles. The van der Waals surface area contributed by atoms with Gasteiger partial charge in [0.25, 0.3) is 5.91 Å². The molecule has 108 valence electrons. The van der Waals surface area contributed by atoms with Gasteiger partial charge in [0, 0.05) is 25.9 Å². The normalized spacial score (nSPS) is 18.9. The second-order valence-electron chi connectivity index (χ2n) is 5.01. The van der Waals surface area contributed by atoms with Crippen LogP contribution in [0.2, 0.25) is 0 Å². The molecule has 1 aromatic rings. The van der Waals surface area contributed by atoms with Crippen LogP contribution in [0.5, 0.6) is 0 Å². The number of carbonyl (C=O) groups is 2. The highest BCUT2D eigenvalue weighted by Gasteiger charge is 2.24. The number of pyridine rings is 1. The molecular weight excluding hydrogens is 260 g/mol. The van der Waals surface area contributed by atoms with Gasteiger partial charge in [-0.15, -0.1) is 0 Å². The lowest BCUT2D eigenvalue weighted by atomic mass is 9.95. The molecule has 1 aliphatic heterocycles. The van der Waals surface area contributed by atoms with Crippen LogP contribution < -0.4 is 0 Å². The smallest absolute Gasteiger partial charge is 0.337 e. The number of amides is 1. The lowest BCUT2D eigenvalue weighted by Crippen LogP contribution is -2.40. The number of hydrogen-bond donors (Lipinski definition) is 2. The molecule has 0 saturated carbocycles. The van der Waals surface area contributed by atoms with E-state index in [1.165, 1.54) is 18.3 Å². The third kappa shape index (κ3) is 3.33. The van der Waals surface area contributed by atoms with Gasteiger partial charge in [-0.1, -0.05) is 0 Å². The maximum Gasteiger partial charge on any atom is 0.337 e. The summed E-state index contributed by atoms with van der Waals surface area (Å²) in [7, 11) is 0. The summed E-state index contributed by atoms with van der Waals surface area (Å²) >= 11 is 0. The van der Waals surface area contributed by atoms with Crippen molar-refractivity contribution in [3.05, 3.63) is 29.6 Å². The van der Waals surface area contributed by atoms with Crippen LogP contribution in [-0.2, 0) is 0 Å². The third-order valence-electron chi connectivity index (χ3n) is 3.57. The molecule has 0 spiro atoms. The lowest BCUT2D eigenvalue weighted by molar-refractivity contribution is 0.0644. The van der Waals surface area contributed by atoms with E-state index in [0.717, 1.165) is 12.8 Å². The van der Waals surface area contributed by atoms with E-state index in [1.54, 1.807) is 4.90 Å². The molecule has 0 aromatic carbocycles. The molecule has 2 heterocycles. The fourth-order valence-corrected chi connectivity index (χ4v) is 2.48. The van der Waals surface area contributed by atoms with Crippen molar-refractivity contribution in [2.45, 2.75) is 19.3 Å². The molecule has 2 rings (SSSR count). The largest absolute Gasteiger partial charge is 0.478 e. The Bertz CT molecular complexity index is 484. The molecule has 0 aliphatic carbocycles. The quantitative estimate of drug-likeness (QED) is 0.858. The number of likely N-dealkylation sites (tertiary alicyclic amines) is 1. The number of carbonyl (C=O) groups excluding carboxylic acids is 1. The number of carboxylic acids is 1. The van der Waals surface area contributed by atoms with E-state index in [-0.39, 0.29) is 23.8 Å². The molecule has 2 N–H and O–H groups in total. The molecule has 0 bridgehead atoms. The second-order valence-corrected chi connectivity index (χ2v) is 5.01. The van der Waals surface area contributed by atoms with Crippen molar-refractivity contribution in [3.8, 4) is 0 Å². The minimum Gasteiger partial charge on any atom is -0.478 e. The Morgan fingerprint density at radius 3 is 2.80 bits per heavy atom. The van der Waals surface area contributed by atoms with E-state index in [9.17, 15) is 9.59 Å². The van der Waals surface area contributed by atoms with Crippen LogP contribution in [0.1, 0.15) is 40.1 Å². The van der Waals surface area contributed by atoms with Crippen molar-refractivity contribution in [2.75, 3.05) is 19.7 Å². The van der Waals surface area contributed by atoms with E-state index < -0.39 is 5.97 Å². The first kappa shape index (κ1) is 14.5. The standard InChI is InChI=1S/C14H18N2O4/c17-7-5-10-2-1-6-16(9-10)13(18)12-4-3-11(8-15-12)14(19)20/h3-4,8,10,17H,1-2,5-7,9H2,(H,19,20). The molecule has 1 fully saturated rings. The first-order valence-electron chi connectivity index (χ1n) is 6.71. The monoisotopic (exact) mass is 278 g/mol. The number of aliphatic hydroxyl groups excluding tert-OH is 1. The summed E-state index contributed by atoms with van der Waals surface area (Å²) in [6.07, 6.45) is 3.85. The summed E-state index contributed by atoms with van der Waals surface area (Å²) in [6.45, 7) is 1.45. The molecular formula is C14H18N2O4. The van der Waals surface area contributed by atoms with Gasteiger partial charge in [-0.2, -0.15) is 0 Å². The van der Waals surface area contributed by atoms with Crippen LogP contribution >= 0.6 is 0 Å². The maximum atomic E-state index is 12.3. The highest BCUT2D eigenvalue weighted by atomic mass is 16.4. The van der Waals surface area contributed by atoms with Crippen molar-refractivity contribution in [1.82, 2.24) is 9.88 Å². The minimum atomic E-state index is -1.06. The van der Waals surface area contributed by atoms with Gasteiger partial charge in [-0.05, 0) is 37.3 Å². The van der Waals surface area contributed by atoms with E-state index in [4.69, 9.17) is 10.2 Å². The summed E-state index contributed by atoms with van der Waals surface area (Å²) in [6, 6.07) is 2.83. The van der Waals surface area contributed by atoms with Gasteiger partial charge in [-0.3, -0.25) is 9.78 Å². The van der Waals surface area contributed by atoms with Crippen molar-refractivity contribution in [3.63, 3.8) is 0 Å². The van der Waals surface area contributed by atoms with Gasteiger partial charge in [0.05, 0.1) is 5.56 Å². The topological polar surface area (TPSA) is 90.7 Å². The van der Waals surface area contributed by atoms with Crippen molar-refractivity contribution in [2.24, 2.45) is 5.92 Å². The predicted molar refractivity (Wildman–Crippen MR) is 71.5 cm³/mol. The first-order valence-corrected chi connectivity index (χ1v) is 6.71. The average Bonchev–Trinajstić information content (AvgIpc) is 2.47. The Balaban J connectivity index is 2.04. The molecule has 6 nitrogen and oxygen atoms in total. The Labute approximate surface area is 117 Å². The van der Waals surface area contributed by atoms with E-state index in [0.29, 0.717) is 25.4 Å². The summed E-state index contributed by atoms with van der Waals surface area (Å²) in [5.41, 5.74) is 0.331. The van der Waals surface area contributed by atoms with Crippen molar-refractivity contribution in [1.29, 1.82) is 0 Å². The van der Waals surface area contributed by atoms with Crippen molar-refractivity contribution < 1.29 is 19.8 Å². The summed E-state index contributed by atoms with van der Waals surface area (Å²) < 4.78 is 0. The Morgan fingerprint density at radius 1 is 1.40 bits per heavy atom. The van der Waals surface area contributed by atoms with E-state index >= 15 is 0 Å². The first-order chi connectivity index (χ1) is 9.61. The van der Waals surface area contributed by atoms with Gasteiger partial charge in [-0.25, -0.2) is 4.79 Å². The van der Waals surface area contributed by atoms with Gasteiger partial charge in [0.15, 0.2) is 0 Å². The summed E-state index contributed by atoms with van der Waals surface area (Å²) in [4.78, 5) is 28.7. The number of aromatic nitrogens is 1. The summed E-state index contributed by atoms with van der Waals surface area (Å²) in [5, 5.41) is 17.8. The number of hydrogen-bond acceptors (Lipinski definition) is 4. The highest BCUT2D eigenvalue weighted by Crippen LogP contribution is 2.20. The fourth-order valence-electron chi connectivity index (χ4n) is 2.48. The fraction of sp³-hybridized carbons (Fsp3) is 0.500. The van der Waals surface area contributed by atoms with Crippen LogP contribution in [0.15, 0.2) is 18.3 Å².